The lowest BCUT2D eigenvalue weighted by Gasteiger charge is -2.00. The van der Waals surface area contributed by atoms with Gasteiger partial charge in [0.2, 0.25) is 0 Å². The van der Waals surface area contributed by atoms with Gasteiger partial charge in [-0.3, -0.25) is 0 Å². The zero-order valence-corrected chi connectivity index (χ0v) is 14.0. The Labute approximate surface area is 130 Å². The van der Waals surface area contributed by atoms with Crippen LogP contribution in [0.1, 0.15) is 66.2 Å². The molecule has 0 aromatic rings. The van der Waals surface area contributed by atoms with Crippen molar-refractivity contribution in [3.63, 3.8) is 0 Å². The minimum Gasteiger partial charge on any atom is -0.478 e. The SMILES string of the molecule is CC(C)=CCC/C=C/CC/C(C)=C/CC/C(C)=C/C(=O)O. The van der Waals surface area contributed by atoms with Crippen LogP contribution in [0, 0.1) is 0 Å². The van der Waals surface area contributed by atoms with E-state index in [0.29, 0.717) is 0 Å². The largest absolute Gasteiger partial charge is 0.478 e. The monoisotopic (exact) mass is 290 g/mol. The maximum absolute atomic E-state index is 10.5. The van der Waals surface area contributed by atoms with Crippen LogP contribution in [0.5, 0.6) is 0 Å². The molecule has 0 unspecified atom stereocenters. The summed E-state index contributed by atoms with van der Waals surface area (Å²) in [4.78, 5) is 10.5. The number of allylic oxidation sites excluding steroid dienone is 7. The number of aliphatic carboxylic acids is 1. The van der Waals surface area contributed by atoms with Crippen LogP contribution in [0.2, 0.25) is 0 Å². The van der Waals surface area contributed by atoms with E-state index in [1.54, 1.807) is 0 Å². The Kier molecular flexibility index (Phi) is 11.3. The molecule has 0 atom stereocenters. The standard InChI is InChI=1S/C19H30O2/c1-16(2)11-8-6-5-7-9-12-17(3)13-10-14-18(4)15-19(20)21/h5,7,11,13,15H,6,8-10,12,14H2,1-4H3,(H,20,21)/b7-5+,17-13+,18-15+. The Balaban J connectivity index is 3.81. The van der Waals surface area contributed by atoms with Gasteiger partial charge < -0.3 is 5.11 Å². The smallest absolute Gasteiger partial charge is 0.328 e. The van der Waals surface area contributed by atoms with E-state index in [4.69, 9.17) is 5.11 Å². The quantitative estimate of drug-likeness (QED) is 0.312. The van der Waals surface area contributed by atoms with Gasteiger partial charge in [-0.05, 0) is 66.2 Å². The molecular formula is C19H30O2. The Morgan fingerprint density at radius 3 is 2.05 bits per heavy atom. The summed E-state index contributed by atoms with van der Waals surface area (Å²) in [5, 5.41) is 8.62. The van der Waals surface area contributed by atoms with E-state index in [0.717, 1.165) is 44.1 Å². The first-order valence-electron chi connectivity index (χ1n) is 7.76. The average molecular weight is 290 g/mol. The number of hydrogen-bond donors (Lipinski definition) is 1. The molecule has 0 radical (unpaired) electrons. The summed E-state index contributed by atoms with van der Waals surface area (Å²) >= 11 is 0. The highest BCUT2D eigenvalue weighted by molar-refractivity contribution is 5.80. The van der Waals surface area contributed by atoms with Crippen LogP contribution in [0.4, 0.5) is 0 Å². The van der Waals surface area contributed by atoms with Gasteiger partial charge in [0.15, 0.2) is 0 Å². The van der Waals surface area contributed by atoms with Gasteiger partial charge in [0.05, 0.1) is 0 Å². The summed E-state index contributed by atoms with van der Waals surface area (Å²) in [6, 6.07) is 0. The molecule has 0 spiro atoms. The molecule has 0 heterocycles. The number of carboxylic acid groups (broad SMARTS) is 1. The van der Waals surface area contributed by atoms with E-state index in [1.807, 2.05) is 6.92 Å². The molecular weight excluding hydrogens is 260 g/mol. The molecule has 0 fully saturated rings. The van der Waals surface area contributed by atoms with Crippen molar-refractivity contribution in [2.24, 2.45) is 0 Å². The van der Waals surface area contributed by atoms with Crippen molar-refractivity contribution in [1.29, 1.82) is 0 Å². The summed E-state index contributed by atoms with van der Waals surface area (Å²) in [7, 11) is 0. The second kappa shape index (κ2) is 12.2. The summed E-state index contributed by atoms with van der Waals surface area (Å²) in [5.41, 5.74) is 3.69. The second-order valence-electron chi connectivity index (χ2n) is 5.79. The summed E-state index contributed by atoms with van der Waals surface area (Å²) in [6.45, 7) is 8.27. The third-order valence-electron chi connectivity index (χ3n) is 3.16. The van der Waals surface area contributed by atoms with E-state index >= 15 is 0 Å². The Hall–Kier alpha value is -1.57. The molecule has 2 heteroatoms. The molecule has 0 aromatic heterocycles. The summed E-state index contributed by atoms with van der Waals surface area (Å²) in [6.07, 6.45) is 16.4. The number of rotatable bonds is 10. The minimum absolute atomic E-state index is 0.822. The normalized spacial score (nSPS) is 12.8. The fourth-order valence-electron chi connectivity index (χ4n) is 1.95. The van der Waals surface area contributed by atoms with Crippen LogP contribution < -0.4 is 0 Å². The van der Waals surface area contributed by atoms with Crippen LogP contribution >= 0.6 is 0 Å². The number of hydrogen-bond acceptors (Lipinski definition) is 1. The highest BCUT2D eigenvalue weighted by atomic mass is 16.4. The van der Waals surface area contributed by atoms with Crippen LogP contribution in [0.3, 0.4) is 0 Å². The first-order chi connectivity index (χ1) is 9.91. The number of carbonyl (C=O) groups is 1. The van der Waals surface area contributed by atoms with Crippen molar-refractivity contribution in [3.05, 3.63) is 47.1 Å². The van der Waals surface area contributed by atoms with Crippen molar-refractivity contribution >= 4 is 5.97 Å². The maximum Gasteiger partial charge on any atom is 0.328 e. The van der Waals surface area contributed by atoms with E-state index in [9.17, 15) is 4.79 Å². The molecule has 0 aliphatic heterocycles. The first kappa shape index (κ1) is 19.4. The Morgan fingerprint density at radius 1 is 0.810 bits per heavy atom. The first-order valence-corrected chi connectivity index (χ1v) is 7.76. The van der Waals surface area contributed by atoms with Gasteiger partial charge in [-0.2, -0.15) is 0 Å². The fourth-order valence-corrected chi connectivity index (χ4v) is 1.95. The zero-order valence-electron chi connectivity index (χ0n) is 14.0. The predicted molar refractivity (Wildman–Crippen MR) is 91.4 cm³/mol. The third-order valence-corrected chi connectivity index (χ3v) is 3.16. The van der Waals surface area contributed by atoms with Crippen molar-refractivity contribution in [1.82, 2.24) is 0 Å². The van der Waals surface area contributed by atoms with Gasteiger partial charge in [-0.25, -0.2) is 4.79 Å². The highest BCUT2D eigenvalue weighted by Crippen LogP contribution is 2.10. The molecule has 0 saturated heterocycles. The van der Waals surface area contributed by atoms with Crippen LogP contribution in [-0.2, 0) is 4.79 Å². The molecule has 0 aliphatic rings. The molecule has 0 saturated carbocycles. The minimum atomic E-state index is -0.855. The lowest BCUT2D eigenvalue weighted by Crippen LogP contribution is -1.89. The van der Waals surface area contributed by atoms with Gasteiger partial charge in [-0.15, -0.1) is 0 Å². The van der Waals surface area contributed by atoms with Crippen molar-refractivity contribution in [2.75, 3.05) is 0 Å². The summed E-state index contributed by atoms with van der Waals surface area (Å²) < 4.78 is 0. The average Bonchev–Trinajstić information content (AvgIpc) is 2.36. The van der Waals surface area contributed by atoms with E-state index in [-0.39, 0.29) is 0 Å². The molecule has 118 valence electrons. The maximum atomic E-state index is 10.5. The molecule has 0 bridgehead atoms. The van der Waals surface area contributed by atoms with Crippen LogP contribution in [0.15, 0.2) is 47.1 Å². The van der Waals surface area contributed by atoms with Crippen molar-refractivity contribution < 1.29 is 9.90 Å². The van der Waals surface area contributed by atoms with E-state index < -0.39 is 5.97 Å². The lowest BCUT2D eigenvalue weighted by molar-refractivity contribution is -0.131. The van der Waals surface area contributed by atoms with Gasteiger partial charge >= 0.3 is 5.97 Å². The van der Waals surface area contributed by atoms with Gasteiger partial charge in [0, 0.05) is 6.08 Å². The topological polar surface area (TPSA) is 37.3 Å². The molecule has 0 aliphatic carbocycles. The molecule has 21 heavy (non-hydrogen) atoms. The number of carboxylic acids is 1. The molecule has 0 aromatic carbocycles. The van der Waals surface area contributed by atoms with Gasteiger partial charge in [-0.1, -0.05) is 41.0 Å². The Morgan fingerprint density at radius 2 is 1.43 bits per heavy atom. The fraction of sp³-hybridized carbons (Fsp3) is 0.526. The lowest BCUT2D eigenvalue weighted by atomic mass is 10.1. The second-order valence-corrected chi connectivity index (χ2v) is 5.79. The third kappa shape index (κ3) is 14.6. The highest BCUT2D eigenvalue weighted by Gasteiger charge is 1.94. The van der Waals surface area contributed by atoms with Gasteiger partial charge in [0.25, 0.3) is 0 Å². The molecule has 0 amide bonds. The molecule has 1 N–H and O–H groups in total. The van der Waals surface area contributed by atoms with E-state index in [2.05, 4.69) is 45.1 Å². The Bertz CT molecular complexity index is 419. The zero-order chi connectivity index (χ0) is 16.1. The molecule has 2 nitrogen and oxygen atoms in total. The van der Waals surface area contributed by atoms with Crippen molar-refractivity contribution in [3.8, 4) is 0 Å². The van der Waals surface area contributed by atoms with Crippen molar-refractivity contribution in [2.45, 2.75) is 66.2 Å². The number of unbranched alkanes of at least 4 members (excludes halogenated alkanes) is 1. The summed E-state index contributed by atoms with van der Waals surface area (Å²) in [5.74, 6) is -0.855. The van der Waals surface area contributed by atoms with Gasteiger partial charge in [0.1, 0.15) is 0 Å². The van der Waals surface area contributed by atoms with Crippen LogP contribution in [0.25, 0.3) is 0 Å². The predicted octanol–water partition coefficient (Wildman–Crippen LogP) is 5.83. The van der Waals surface area contributed by atoms with E-state index in [1.165, 1.54) is 17.2 Å². The van der Waals surface area contributed by atoms with Crippen LogP contribution in [-0.4, -0.2) is 11.1 Å². The molecule has 0 rings (SSSR count).